The van der Waals surface area contributed by atoms with Crippen LogP contribution in [0.3, 0.4) is 0 Å². The van der Waals surface area contributed by atoms with Crippen LogP contribution in [0, 0.1) is 0 Å². The second-order valence-electron chi connectivity index (χ2n) is 6.59. The number of nitrogens with zero attached hydrogens (tertiary/aromatic N) is 2. The molecular formula is C22H24N2O3S. The predicted octanol–water partition coefficient (Wildman–Crippen LogP) is 3.88. The molecule has 0 unspecified atom stereocenters. The number of rotatable bonds is 8. The van der Waals surface area contributed by atoms with E-state index in [0.29, 0.717) is 28.0 Å². The molecule has 28 heavy (non-hydrogen) atoms. The van der Waals surface area contributed by atoms with Gasteiger partial charge in [0.15, 0.2) is 10.9 Å². The van der Waals surface area contributed by atoms with Crippen LogP contribution >= 0.6 is 11.8 Å². The molecule has 3 aromatic rings. The summed E-state index contributed by atoms with van der Waals surface area (Å²) in [5, 5.41) is 10.7. The molecule has 0 spiro atoms. The molecule has 0 bridgehead atoms. The van der Waals surface area contributed by atoms with E-state index >= 15 is 0 Å². The zero-order valence-electron chi connectivity index (χ0n) is 16.1. The number of aryl methyl sites for hydroxylation is 1. The smallest absolute Gasteiger partial charge is 0.262 e. The van der Waals surface area contributed by atoms with Crippen molar-refractivity contribution < 1.29 is 9.90 Å². The molecule has 6 heteroatoms. The third kappa shape index (κ3) is 4.18. The molecule has 3 rings (SSSR count). The highest BCUT2D eigenvalue weighted by Gasteiger charge is 2.19. The number of benzene rings is 2. The highest BCUT2D eigenvalue weighted by Crippen LogP contribution is 2.23. The Balaban J connectivity index is 1.93. The molecule has 0 amide bonds. The van der Waals surface area contributed by atoms with Gasteiger partial charge in [-0.25, -0.2) is 4.98 Å². The van der Waals surface area contributed by atoms with Gasteiger partial charge in [-0.05, 0) is 30.5 Å². The number of carbonyl (C=O) groups excluding carboxylic acids is 1. The first-order chi connectivity index (χ1) is 13.6. The molecule has 0 saturated heterocycles. The van der Waals surface area contributed by atoms with Crippen LogP contribution in [0.5, 0.6) is 0 Å². The van der Waals surface area contributed by atoms with Crippen molar-refractivity contribution in [2.45, 2.75) is 37.9 Å². The Morgan fingerprint density at radius 1 is 1.14 bits per heavy atom. The molecular weight excluding hydrogens is 372 g/mol. The van der Waals surface area contributed by atoms with Crippen molar-refractivity contribution in [2.24, 2.45) is 0 Å². The van der Waals surface area contributed by atoms with Crippen molar-refractivity contribution in [3.63, 3.8) is 0 Å². The van der Waals surface area contributed by atoms with Gasteiger partial charge in [0.1, 0.15) is 0 Å². The number of aliphatic hydroxyl groups is 1. The van der Waals surface area contributed by atoms with E-state index in [0.717, 1.165) is 6.42 Å². The van der Waals surface area contributed by atoms with E-state index < -0.39 is 0 Å². The van der Waals surface area contributed by atoms with Gasteiger partial charge in [0, 0.05) is 5.56 Å². The molecule has 1 N–H and O–H groups in total. The molecule has 2 aromatic carbocycles. The maximum atomic E-state index is 13.0. The standard InChI is InChI=1S/C22H24N2O3S/c1-3-15-9-11-16(12-10-15)20(26)14-28-22-23-19-8-6-5-7-18(19)21(27)24(22)17(4-2)13-25/h5-12,17,25H,3-4,13-14H2,1-2H3/t17-/m1/s1. The molecule has 1 heterocycles. The van der Waals surface area contributed by atoms with E-state index in [1.807, 2.05) is 37.3 Å². The van der Waals surface area contributed by atoms with Crippen molar-refractivity contribution in [2.75, 3.05) is 12.4 Å². The second-order valence-corrected chi connectivity index (χ2v) is 7.54. The number of ketones is 1. The fraction of sp³-hybridized carbons (Fsp3) is 0.318. The van der Waals surface area contributed by atoms with Gasteiger partial charge in [0.25, 0.3) is 5.56 Å². The van der Waals surface area contributed by atoms with Gasteiger partial charge in [-0.2, -0.15) is 0 Å². The monoisotopic (exact) mass is 396 g/mol. The Morgan fingerprint density at radius 2 is 1.86 bits per heavy atom. The number of carbonyl (C=O) groups is 1. The fourth-order valence-electron chi connectivity index (χ4n) is 3.08. The summed E-state index contributed by atoms with van der Waals surface area (Å²) in [5.41, 5.74) is 2.24. The highest BCUT2D eigenvalue weighted by atomic mass is 32.2. The number of aromatic nitrogens is 2. The molecule has 0 aliphatic carbocycles. The van der Waals surface area contributed by atoms with Gasteiger partial charge in [-0.1, -0.05) is 62.0 Å². The van der Waals surface area contributed by atoms with E-state index in [1.165, 1.54) is 21.9 Å². The number of Topliss-reactive ketones (excluding diaryl/α,β-unsaturated/α-hetero) is 1. The second kappa shape index (κ2) is 9.17. The van der Waals surface area contributed by atoms with E-state index in [1.54, 1.807) is 18.2 Å². The highest BCUT2D eigenvalue weighted by molar-refractivity contribution is 7.99. The zero-order chi connectivity index (χ0) is 20.1. The van der Waals surface area contributed by atoms with Crippen LogP contribution in [0.25, 0.3) is 10.9 Å². The first kappa shape index (κ1) is 20.3. The number of hydrogen-bond donors (Lipinski definition) is 1. The van der Waals surface area contributed by atoms with E-state index in [9.17, 15) is 14.7 Å². The SMILES string of the molecule is CCc1ccc(C(=O)CSc2nc3ccccc3c(=O)n2[C@H](CC)CO)cc1. The molecule has 0 saturated carbocycles. The lowest BCUT2D eigenvalue weighted by molar-refractivity contribution is 0.102. The Labute approximate surface area is 168 Å². The average molecular weight is 397 g/mol. The molecule has 5 nitrogen and oxygen atoms in total. The topological polar surface area (TPSA) is 72.2 Å². The third-order valence-electron chi connectivity index (χ3n) is 4.84. The van der Waals surface area contributed by atoms with Gasteiger partial charge < -0.3 is 5.11 Å². The number of para-hydroxylation sites is 1. The van der Waals surface area contributed by atoms with E-state index in [2.05, 4.69) is 11.9 Å². The molecule has 0 aliphatic heterocycles. The molecule has 0 fully saturated rings. The first-order valence-electron chi connectivity index (χ1n) is 9.46. The Kier molecular flexibility index (Phi) is 6.65. The molecule has 146 valence electrons. The summed E-state index contributed by atoms with van der Waals surface area (Å²) in [6.45, 7) is 3.83. The lowest BCUT2D eigenvalue weighted by atomic mass is 10.1. The summed E-state index contributed by atoms with van der Waals surface area (Å²) in [6, 6.07) is 14.4. The van der Waals surface area contributed by atoms with Crippen molar-refractivity contribution >= 4 is 28.4 Å². The van der Waals surface area contributed by atoms with Gasteiger partial charge >= 0.3 is 0 Å². The summed E-state index contributed by atoms with van der Waals surface area (Å²) in [7, 11) is 0. The normalized spacial score (nSPS) is 12.2. The van der Waals surface area contributed by atoms with Crippen LogP contribution in [-0.2, 0) is 6.42 Å². The van der Waals surface area contributed by atoms with E-state index in [-0.39, 0.29) is 29.7 Å². The zero-order valence-corrected chi connectivity index (χ0v) is 16.9. The molecule has 1 atom stereocenters. The van der Waals surface area contributed by atoms with Crippen molar-refractivity contribution in [1.82, 2.24) is 9.55 Å². The Bertz CT molecular complexity index is 1020. The minimum atomic E-state index is -0.369. The molecule has 0 radical (unpaired) electrons. The number of fused-ring (bicyclic) bond motifs is 1. The summed E-state index contributed by atoms with van der Waals surface area (Å²) < 4.78 is 1.53. The van der Waals surface area contributed by atoms with Gasteiger partial charge in [0.05, 0.1) is 29.3 Å². The first-order valence-corrected chi connectivity index (χ1v) is 10.4. The van der Waals surface area contributed by atoms with Crippen molar-refractivity contribution in [1.29, 1.82) is 0 Å². The Morgan fingerprint density at radius 3 is 2.50 bits per heavy atom. The summed E-state index contributed by atoms with van der Waals surface area (Å²) in [5.74, 6) is 0.164. The fourth-order valence-corrected chi connectivity index (χ4v) is 4.04. The van der Waals surface area contributed by atoms with Crippen LogP contribution < -0.4 is 5.56 Å². The Hall–Kier alpha value is -2.44. The maximum Gasteiger partial charge on any atom is 0.262 e. The predicted molar refractivity (Wildman–Crippen MR) is 113 cm³/mol. The van der Waals surface area contributed by atoms with Crippen molar-refractivity contribution in [3.05, 3.63) is 70.0 Å². The van der Waals surface area contributed by atoms with E-state index in [4.69, 9.17) is 0 Å². The van der Waals surface area contributed by atoms with Crippen LogP contribution in [-0.4, -0.2) is 32.8 Å². The van der Waals surface area contributed by atoms with Crippen LogP contribution in [0.4, 0.5) is 0 Å². The number of hydrogen-bond acceptors (Lipinski definition) is 5. The van der Waals surface area contributed by atoms with Crippen molar-refractivity contribution in [3.8, 4) is 0 Å². The third-order valence-corrected chi connectivity index (χ3v) is 5.79. The quantitative estimate of drug-likeness (QED) is 0.355. The largest absolute Gasteiger partial charge is 0.394 e. The number of thioether (sulfide) groups is 1. The summed E-state index contributed by atoms with van der Waals surface area (Å²) in [4.78, 5) is 30.2. The average Bonchev–Trinajstić information content (AvgIpc) is 2.74. The molecule has 0 aliphatic rings. The van der Waals surface area contributed by atoms with Gasteiger partial charge in [-0.3, -0.25) is 14.2 Å². The molecule has 1 aromatic heterocycles. The summed E-state index contributed by atoms with van der Waals surface area (Å²) >= 11 is 1.24. The van der Waals surface area contributed by atoms with Crippen LogP contribution in [0.2, 0.25) is 0 Å². The maximum absolute atomic E-state index is 13.0. The lowest BCUT2D eigenvalue weighted by Gasteiger charge is -2.19. The minimum absolute atomic E-state index is 0.0151. The lowest BCUT2D eigenvalue weighted by Crippen LogP contribution is -2.29. The van der Waals surface area contributed by atoms with Crippen LogP contribution in [0.1, 0.15) is 42.2 Å². The number of aliphatic hydroxyl groups excluding tert-OH is 1. The summed E-state index contributed by atoms with van der Waals surface area (Å²) in [6.07, 6.45) is 1.52. The minimum Gasteiger partial charge on any atom is -0.394 e. The van der Waals surface area contributed by atoms with Gasteiger partial charge in [0.2, 0.25) is 0 Å². The van der Waals surface area contributed by atoms with Crippen LogP contribution in [0.15, 0.2) is 58.5 Å². The van der Waals surface area contributed by atoms with Gasteiger partial charge in [-0.15, -0.1) is 0 Å².